The molecular weight excluding hydrogens is 176 g/mol. The van der Waals surface area contributed by atoms with E-state index >= 15 is 0 Å². The van der Waals surface area contributed by atoms with Crippen LogP contribution in [0.25, 0.3) is 0 Å². The fourth-order valence-corrected chi connectivity index (χ4v) is 0.836. The van der Waals surface area contributed by atoms with Gasteiger partial charge in [0.25, 0.3) is 0 Å². The van der Waals surface area contributed by atoms with Gasteiger partial charge in [0.05, 0.1) is 5.69 Å². The van der Waals surface area contributed by atoms with Gasteiger partial charge in [0.1, 0.15) is 0 Å². The number of hydrogen-bond acceptors (Lipinski definition) is 2. The lowest BCUT2D eigenvalue weighted by atomic mass is 9.92. The molecule has 0 aromatic carbocycles. The number of aromatic nitrogens is 1. The summed E-state index contributed by atoms with van der Waals surface area (Å²) in [6.07, 6.45) is 0. The van der Waals surface area contributed by atoms with E-state index in [4.69, 9.17) is 0 Å². The first-order valence-electron chi connectivity index (χ1n) is 4.07. The van der Waals surface area contributed by atoms with Gasteiger partial charge < -0.3 is 4.52 Å². The average molecular weight is 189 g/mol. The molecule has 0 saturated carbocycles. The molecule has 1 aromatic rings. The summed E-state index contributed by atoms with van der Waals surface area (Å²) < 4.78 is 30.0. The molecule has 0 aliphatic heterocycles. The lowest BCUT2D eigenvalue weighted by molar-refractivity contribution is -0.0106. The number of nitrogens with zero attached hydrogens (tertiary/aromatic N) is 1. The van der Waals surface area contributed by atoms with E-state index in [9.17, 15) is 8.78 Å². The van der Waals surface area contributed by atoms with Crippen molar-refractivity contribution >= 4 is 0 Å². The Labute approximate surface area is 75.9 Å². The van der Waals surface area contributed by atoms with Gasteiger partial charge in [0, 0.05) is 18.4 Å². The molecule has 0 bridgehead atoms. The fourth-order valence-electron chi connectivity index (χ4n) is 0.836. The minimum absolute atomic E-state index is 0.257. The summed E-state index contributed by atoms with van der Waals surface area (Å²) in [4.78, 5) is 0. The summed E-state index contributed by atoms with van der Waals surface area (Å²) in [5, 5.41) is 3.60. The van der Waals surface area contributed by atoms with E-state index in [1.54, 1.807) is 0 Å². The zero-order valence-corrected chi connectivity index (χ0v) is 8.19. The van der Waals surface area contributed by atoms with Crippen LogP contribution in [0.4, 0.5) is 8.78 Å². The minimum Gasteiger partial charge on any atom is -0.355 e. The standard InChI is InChI=1S/C9H13F2NO/c1-8(2,3)6-5-7(13-12-6)9(4,10)11/h5H,1-4H3. The molecule has 2 nitrogen and oxygen atoms in total. The topological polar surface area (TPSA) is 26.0 Å². The minimum atomic E-state index is -2.95. The predicted octanol–water partition coefficient (Wildman–Crippen LogP) is 3.08. The SMILES string of the molecule is CC(C)(C)c1cc(C(C)(F)F)on1. The van der Waals surface area contributed by atoms with Crippen molar-refractivity contribution in [3.8, 4) is 0 Å². The molecular formula is C9H13F2NO. The van der Waals surface area contributed by atoms with E-state index in [1.807, 2.05) is 20.8 Å². The van der Waals surface area contributed by atoms with E-state index in [0.717, 1.165) is 6.92 Å². The molecule has 1 heterocycles. The van der Waals surface area contributed by atoms with Crippen LogP contribution in [-0.4, -0.2) is 5.16 Å². The summed E-state index contributed by atoms with van der Waals surface area (Å²) in [6.45, 7) is 6.47. The van der Waals surface area contributed by atoms with Gasteiger partial charge in [0.15, 0.2) is 0 Å². The predicted molar refractivity (Wildman–Crippen MR) is 44.8 cm³/mol. The Morgan fingerprint density at radius 1 is 1.23 bits per heavy atom. The highest BCUT2D eigenvalue weighted by molar-refractivity contribution is 5.16. The van der Waals surface area contributed by atoms with Crippen LogP contribution in [0, 0.1) is 0 Å². The van der Waals surface area contributed by atoms with Crippen LogP contribution in [0.5, 0.6) is 0 Å². The zero-order chi connectivity index (χ0) is 10.3. The van der Waals surface area contributed by atoms with Crippen molar-refractivity contribution in [3.05, 3.63) is 17.5 Å². The Morgan fingerprint density at radius 2 is 1.77 bits per heavy atom. The first kappa shape index (κ1) is 10.2. The lowest BCUT2D eigenvalue weighted by Gasteiger charge is -2.12. The summed E-state index contributed by atoms with van der Waals surface area (Å²) in [5.74, 6) is -3.33. The maximum absolute atomic E-state index is 12.7. The number of alkyl halides is 2. The van der Waals surface area contributed by atoms with Gasteiger partial charge in [-0.3, -0.25) is 0 Å². The Bertz CT molecular complexity index is 265. The molecule has 1 aromatic heterocycles. The van der Waals surface area contributed by atoms with Crippen LogP contribution in [0.15, 0.2) is 10.6 Å². The third kappa shape index (κ3) is 2.26. The number of halogens is 2. The van der Waals surface area contributed by atoms with E-state index in [-0.39, 0.29) is 11.2 Å². The van der Waals surface area contributed by atoms with Gasteiger partial charge in [0.2, 0.25) is 5.76 Å². The second-order valence-corrected chi connectivity index (χ2v) is 4.21. The van der Waals surface area contributed by atoms with Crippen LogP contribution < -0.4 is 0 Å². The summed E-state index contributed by atoms with van der Waals surface area (Å²) in [7, 11) is 0. The van der Waals surface area contributed by atoms with Crippen molar-refractivity contribution < 1.29 is 13.3 Å². The molecule has 0 N–H and O–H groups in total. The molecule has 1 rings (SSSR count). The van der Waals surface area contributed by atoms with Crippen molar-refractivity contribution in [2.24, 2.45) is 0 Å². The maximum Gasteiger partial charge on any atom is 0.304 e. The highest BCUT2D eigenvalue weighted by Gasteiger charge is 2.31. The van der Waals surface area contributed by atoms with Crippen molar-refractivity contribution in [3.63, 3.8) is 0 Å². The second-order valence-electron chi connectivity index (χ2n) is 4.21. The van der Waals surface area contributed by atoms with Crippen molar-refractivity contribution in [2.45, 2.75) is 39.0 Å². The van der Waals surface area contributed by atoms with E-state index < -0.39 is 5.92 Å². The Morgan fingerprint density at radius 3 is 2.00 bits per heavy atom. The van der Waals surface area contributed by atoms with Crippen LogP contribution in [0.1, 0.15) is 39.1 Å². The lowest BCUT2D eigenvalue weighted by Crippen LogP contribution is -2.11. The average Bonchev–Trinajstić information content (AvgIpc) is 2.28. The van der Waals surface area contributed by atoms with Gasteiger partial charge >= 0.3 is 5.92 Å². The van der Waals surface area contributed by atoms with Crippen LogP contribution >= 0.6 is 0 Å². The van der Waals surface area contributed by atoms with Crippen LogP contribution in [-0.2, 0) is 11.3 Å². The van der Waals surface area contributed by atoms with Gasteiger partial charge in [-0.2, -0.15) is 8.78 Å². The molecule has 13 heavy (non-hydrogen) atoms. The van der Waals surface area contributed by atoms with Crippen molar-refractivity contribution in [1.82, 2.24) is 5.16 Å². The van der Waals surface area contributed by atoms with E-state index in [2.05, 4.69) is 9.68 Å². The second kappa shape index (κ2) is 2.79. The van der Waals surface area contributed by atoms with Crippen molar-refractivity contribution in [1.29, 1.82) is 0 Å². The molecule has 0 aliphatic carbocycles. The monoisotopic (exact) mass is 189 g/mol. The van der Waals surface area contributed by atoms with Crippen molar-refractivity contribution in [2.75, 3.05) is 0 Å². The summed E-state index contributed by atoms with van der Waals surface area (Å²) >= 11 is 0. The van der Waals surface area contributed by atoms with Crippen LogP contribution in [0.2, 0.25) is 0 Å². The zero-order valence-electron chi connectivity index (χ0n) is 8.19. The van der Waals surface area contributed by atoms with E-state index in [0.29, 0.717) is 5.69 Å². The van der Waals surface area contributed by atoms with Gasteiger partial charge in [-0.15, -0.1) is 0 Å². The first-order chi connectivity index (χ1) is 5.71. The maximum atomic E-state index is 12.7. The Hall–Kier alpha value is -0.930. The highest BCUT2D eigenvalue weighted by atomic mass is 19.3. The van der Waals surface area contributed by atoms with Gasteiger partial charge in [-0.1, -0.05) is 25.9 Å². The number of hydrogen-bond donors (Lipinski definition) is 0. The normalized spacial score (nSPS) is 13.4. The molecule has 0 unspecified atom stereocenters. The highest BCUT2D eigenvalue weighted by Crippen LogP contribution is 2.30. The molecule has 0 amide bonds. The molecule has 0 saturated heterocycles. The quantitative estimate of drug-likeness (QED) is 0.678. The molecule has 4 heteroatoms. The van der Waals surface area contributed by atoms with Gasteiger partial charge in [-0.05, 0) is 0 Å². The van der Waals surface area contributed by atoms with Crippen LogP contribution in [0.3, 0.4) is 0 Å². The third-order valence-electron chi connectivity index (χ3n) is 1.71. The largest absolute Gasteiger partial charge is 0.355 e. The van der Waals surface area contributed by atoms with E-state index in [1.165, 1.54) is 6.07 Å². The molecule has 0 radical (unpaired) electrons. The molecule has 0 aliphatic rings. The molecule has 0 spiro atoms. The number of rotatable bonds is 1. The summed E-state index contributed by atoms with van der Waals surface area (Å²) in [5.41, 5.74) is 0.288. The van der Waals surface area contributed by atoms with Gasteiger partial charge in [-0.25, -0.2) is 0 Å². The smallest absolute Gasteiger partial charge is 0.304 e. The first-order valence-corrected chi connectivity index (χ1v) is 4.07. The molecule has 0 atom stereocenters. The fraction of sp³-hybridized carbons (Fsp3) is 0.667. The Balaban J connectivity index is 3.01. The Kier molecular flexibility index (Phi) is 2.18. The molecule has 74 valence electrons. The molecule has 0 fully saturated rings. The summed E-state index contributed by atoms with van der Waals surface area (Å²) in [6, 6.07) is 1.31. The third-order valence-corrected chi connectivity index (χ3v) is 1.71.